The molecule has 0 aromatic heterocycles. The molecule has 0 aliphatic carbocycles. The summed E-state index contributed by atoms with van der Waals surface area (Å²) in [5, 5.41) is 0. The van der Waals surface area contributed by atoms with Crippen LogP contribution in [0.15, 0.2) is 4.99 Å². The second-order valence-corrected chi connectivity index (χ2v) is 0.799. The number of hydrogen-bond acceptors (Lipinski definition) is 1. The Morgan fingerprint density at radius 2 is 2.60 bits per heavy atom. The van der Waals surface area contributed by atoms with E-state index in [1.807, 2.05) is 6.92 Å². The third-order valence-electron chi connectivity index (χ3n) is 0.252. The van der Waals surface area contributed by atoms with E-state index in [9.17, 15) is 0 Å². The van der Waals surface area contributed by atoms with Crippen LogP contribution in [0.3, 0.4) is 0 Å². The van der Waals surface area contributed by atoms with E-state index in [0.717, 1.165) is 0 Å². The predicted molar refractivity (Wildman–Crippen MR) is 24.9 cm³/mol. The second-order valence-electron chi connectivity index (χ2n) is 0.560. The van der Waals surface area contributed by atoms with E-state index >= 15 is 0 Å². The highest BCUT2D eigenvalue weighted by atomic mass is 35.5. The highest BCUT2D eigenvalue weighted by Crippen LogP contribution is 1.69. The Morgan fingerprint density at radius 1 is 2.00 bits per heavy atom. The smallest absolute Gasteiger partial charge is 0.112 e. The van der Waals surface area contributed by atoms with Gasteiger partial charge in [-0.05, 0) is 13.1 Å². The molecule has 0 saturated heterocycles. The van der Waals surface area contributed by atoms with E-state index in [4.69, 9.17) is 11.6 Å². The van der Waals surface area contributed by atoms with Gasteiger partial charge in [-0.2, -0.15) is 0 Å². The van der Waals surface area contributed by atoms with E-state index < -0.39 is 0 Å². The van der Waals surface area contributed by atoms with Gasteiger partial charge in [0, 0.05) is 0 Å². The zero-order valence-corrected chi connectivity index (χ0v) is 3.87. The largest absolute Gasteiger partial charge is 0.282 e. The normalized spacial score (nSPS) is 10.0. The van der Waals surface area contributed by atoms with Gasteiger partial charge in [0.2, 0.25) is 0 Å². The van der Waals surface area contributed by atoms with Gasteiger partial charge in [0.25, 0.3) is 0 Å². The minimum absolute atomic E-state index is 0.385. The van der Waals surface area contributed by atoms with Gasteiger partial charge < -0.3 is 0 Å². The lowest BCUT2D eigenvalue weighted by atomic mass is 10.9. The molecular weight excluding hydrogens is 85.5 g/mol. The molecule has 0 heterocycles. The molecule has 5 heavy (non-hydrogen) atoms. The number of nitrogens with zero attached hydrogens (tertiary/aromatic N) is 1. The van der Waals surface area contributed by atoms with Crippen LogP contribution in [0.1, 0.15) is 6.92 Å². The van der Waals surface area contributed by atoms with E-state index in [2.05, 4.69) is 4.99 Å². The Labute approximate surface area is 36.7 Å². The van der Waals surface area contributed by atoms with Crippen molar-refractivity contribution >= 4 is 17.8 Å². The monoisotopic (exact) mass is 91.0 g/mol. The molecule has 0 bridgehead atoms. The van der Waals surface area contributed by atoms with Crippen molar-refractivity contribution < 1.29 is 0 Å². The molecule has 0 spiro atoms. The first-order valence-electron chi connectivity index (χ1n) is 1.42. The van der Waals surface area contributed by atoms with E-state index in [1.54, 1.807) is 6.21 Å². The Kier molecular flexibility index (Phi) is 3.93. The lowest BCUT2D eigenvalue weighted by molar-refractivity contribution is 1.38. The predicted octanol–water partition coefficient (Wildman–Crippen LogP) is 1.27. The Bertz CT molecular complexity index is 33.9. The summed E-state index contributed by atoms with van der Waals surface area (Å²) in [5.74, 6) is 0. The maximum absolute atomic E-state index is 5.10. The first-order chi connectivity index (χ1) is 2.41. The summed E-state index contributed by atoms with van der Waals surface area (Å²) in [6.07, 6.45) is 1.67. The average molecular weight is 91.5 g/mol. The Hall–Kier alpha value is -0.0400. The van der Waals surface area contributed by atoms with Crippen LogP contribution in [0, 0.1) is 0 Å². The summed E-state index contributed by atoms with van der Waals surface area (Å²) in [7, 11) is 0. The molecular formula is C3H6ClN. The fourth-order valence-electron chi connectivity index (χ4n) is 0.0690. The molecule has 1 nitrogen and oxygen atoms in total. The molecule has 0 N–H and O–H groups in total. The van der Waals surface area contributed by atoms with Crippen LogP contribution in [0.2, 0.25) is 0 Å². The molecule has 0 unspecified atom stereocenters. The molecule has 0 saturated carbocycles. The summed E-state index contributed by atoms with van der Waals surface area (Å²) >= 11 is 5.10. The number of alkyl halides is 1. The molecule has 0 amide bonds. The van der Waals surface area contributed by atoms with Crippen molar-refractivity contribution in [1.82, 2.24) is 0 Å². The van der Waals surface area contributed by atoms with E-state index in [1.165, 1.54) is 0 Å². The van der Waals surface area contributed by atoms with Crippen LogP contribution in [0.4, 0.5) is 0 Å². The Balaban J connectivity index is 2.62. The molecule has 0 aromatic rings. The summed E-state index contributed by atoms with van der Waals surface area (Å²) < 4.78 is 0. The Morgan fingerprint density at radius 3 is 2.60 bits per heavy atom. The third-order valence-corrected chi connectivity index (χ3v) is 0.390. The molecule has 0 aliphatic heterocycles. The first kappa shape index (κ1) is 4.96. The van der Waals surface area contributed by atoms with Gasteiger partial charge in [-0.1, -0.05) is 0 Å². The van der Waals surface area contributed by atoms with Gasteiger partial charge >= 0.3 is 0 Å². The standard InChI is InChI=1S/C3H6ClN/c1-2-5-3-4/h2H,3H2,1H3/b5-2-. The van der Waals surface area contributed by atoms with Gasteiger partial charge in [0.1, 0.15) is 6.00 Å². The van der Waals surface area contributed by atoms with Crippen molar-refractivity contribution in [2.24, 2.45) is 4.99 Å². The third kappa shape index (κ3) is 3.96. The molecule has 30 valence electrons. The van der Waals surface area contributed by atoms with Crippen molar-refractivity contribution in [3.63, 3.8) is 0 Å². The minimum atomic E-state index is 0.385. The summed E-state index contributed by atoms with van der Waals surface area (Å²) in [6.45, 7) is 1.84. The van der Waals surface area contributed by atoms with Crippen LogP contribution in [0.25, 0.3) is 0 Å². The van der Waals surface area contributed by atoms with Crippen molar-refractivity contribution in [2.45, 2.75) is 6.92 Å². The van der Waals surface area contributed by atoms with Crippen molar-refractivity contribution in [1.29, 1.82) is 0 Å². The van der Waals surface area contributed by atoms with Gasteiger partial charge in [0.05, 0.1) is 0 Å². The van der Waals surface area contributed by atoms with Crippen LogP contribution in [-0.2, 0) is 0 Å². The van der Waals surface area contributed by atoms with Gasteiger partial charge in [-0.3, -0.25) is 4.99 Å². The number of hydrogen-bond donors (Lipinski definition) is 0. The molecule has 0 aliphatic rings. The first-order valence-corrected chi connectivity index (χ1v) is 1.95. The maximum Gasteiger partial charge on any atom is 0.112 e. The summed E-state index contributed by atoms with van der Waals surface area (Å²) in [5.41, 5.74) is 0. The summed E-state index contributed by atoms with van der Waals surface area (Å²) in [6, 6.07) is 0.385. The topological polar surface area (TPSA) is 12.4 Å². The van der Waals surface area contributed by atoms with Crippen LogP contribution in [-0.4, -0.2) is 12.2 Å². The fraction of sp³-hybridized carbons (Fsp3) is 0.667. The molecule has 0 aromatic carbocycles. The van der Waals surface area contributed by atoms with Crippen molar-refractivity contribution in [2.75, 3.05) is 6.00 Å². The van der Waals surface area contributed by atoms with Gasteiger partial charge in [-0.25, -0.2) is 0 Å². The fourth-order valence-corrected chi connectivity index (χ4v) is 0.207. The van der Waals surface area contributed by atoms with Crippen molar-refractivity contribution in [3.05, 3.63) is 0 Å². The van der Waals surface area contributed by atoms with Crippen LogP contribution < -0.4 is 0 Å². The maximum atomic E-state index is 5.10. The molecule has 0 atom stereocenters. The molecule has 2 heteroatoms. The van der Waals surface area contributed by atoms with Gasteiger partial charge in [0.15, 0.2) is 0 Å². The highest BCUT2D eigenvalue weighted by molar-refractivity contribution is 6.18. The van der Waals surface area contributed by atoms with Crippen molar-refractivity contribution in [3.8, 4) is 0 Å². The zero-order chi connectivity index (χ0) is 4.12. The SMILES string of the molecule is C/C=N\CCl. The lowest BCUT2D eigenvalue weighted by Gasteiger charge is -1.65. The molecule has 0 fully saturated rings. The quantitative estimate of drug-likeness (QED) is 0.262. The molecule has 0 radical (unpaired) electrons. The van der Waals surface area contributed by atoms with Crippen LogP contribution in [0.5, 0.6) is 0 Å². The van der Waals surface area contributed by atoms with Crippen LogP contribution >= 0.6 is 11.6 Å². The average Bonchev–Trinajstić information content (AvgIpc) is 1.41. The van der Waals surface area contributed by atoms with Gasteiger partial charge in [-0.15, -0.1) is 11.6 Å². The summed E-state index contributed by atoms with van der Waals surface area (Å²) in [4.78, 5) is 3.61. The minimum Gasteiger partial charge on any atom is -0.282 e. The number of halogens is 1. The molecule has 0 rings (SSSR count). The lowest BCUT2D eigenvalue weighted by Crippen LogP contribution is -1.58. The highest BCUT2D eigenvalue weighted by Gasteiger charge is 1.53. The number of aliphatic imine (C=N–C) groups is 1. The van der Waals surface area contributed by atoms with E-state index in [0.29, 0.717) is 6.00 Å². The zero-order valence-electron chi connectivity index (χ0n) is 3.11. The number of rotatable bonds is 1. The second kappa shape index (κ2) is 3.96. The van der Waals surface area contributed by atoms with E-state index in [-0.39, 0.29) is 0 Å².